The number of ether oxygens (including phenoxy) is 1. The second kappa shape index (κ2) is 12.7. The molecule has 3 aromatic rings. The van der Waals surface area contributed by atoms with Crippen LogP contribution < -0.4 is 15.4 Å². The van der Waals surface area contributed by atoms with Crippen molar-refractivity contribution in [2.45, 2.75) is 31.1 Å². The second-order valence-corrected chi connectivity index (χ2v) is 8.51. The summed E-state index contributed by atoms with van der Waals surface area (Å²) < 4.78 is 6.83. The lowest BCUT2D eigenvalue weighted by Crippen LogP contribution is -2.33. The highest BCUT2D eigenvalue weighted by Gasteiger charge is 2.23. The highest BCUT2D eigenvalue weighted by atomic mass is 32.2. The van der Waals surface area contributed by atoms with Crippen LogP contribution in [0.2, 0.25) is 0 Å². The monoisotopic (exact) mass is 495 g/mol. The van der Waals surface area contributed by atoms with Gasteiger partial charge in [-0.25, -0.2) is 0 Å². The van der Waals surface area contributed by atoms with Crippen LogP contribution in [0.5, 0.6) is 5.75 Å². The number of anilines is 1. The molecule has 1 heterocycles. The van der Waals surface area contributed by atoms with Crippen LogP contribution in [0.4, 0.5) is 5.69 Å². The first-order valence-corrected chi connectivity index (χ1v) is 12.1. The zero-order valence-electron chi connectivity index (χ0n) is 19.7. The van der Waals surface area contributed by atoms with Crippen molar-refractivity contribution in [1.29, 1.82) is 0 Å². The number of rotatable bonds is 12. The third kappa shape index (κ3) is 6.93. The molecule has 0 spiro atoms. The number of hydrogen-bond donors (Lipinski definition) is 3. The van der Waals surface area contributed by atoms with Crippen LogP contribution in [-0.2, 0) is 17.8 Å². The SMILES string of the molecule is C=CCn1c(SCC(=O)Nc2ccc(CC)cc2)nnc1[C@H](CO)NC(=O)c1ccc(OC)cc1. The highest BCUT2D eigenvalue weighted by molar-refractivity contribution is 7.99. The van der Waals surface area contributed by atoms with Crippen molar-refractivity contribution in [2.75, 3.05) is 24.8 Å². The molecule has 0 fully saturated rings. The maximum atomic E-state index is 12.7. The van der Waals surface area contributed by atoms with Gasteiger partial charge in [0.05, 0.1) is 19.5 Å². The fourth-order valence-corrected chi connectivity index (χ4v) is 4.05. The molecule has 1 atom stereocenters. The third-order valence-electron chi connectivity index (χ3n) is 5.19. The summed E-state index contributed by atoms with van der Waals surface area (Å²) in [7, 11) is 1.55. The molecule has 2 aromatic carbocycles. The number of amides is 2. The number of carbonyl (C=O) groups excluding carboxylic acids is 2. The predicted molar refractivity (Wildman–Crippen MR) is 136 cm³/mol. The van der Waals surface area contributed by atoms with E-state index in [1.807, 2.05) is 24.3 Å². The van der Waals surface area contributed by atoms with Gasteiger partial charge >= 0.3 is 0 Å². The van der Waals surface area contributed by atoms with Gasteiger partial charge in [0.1, 0.15) is 11.8 Å². The van der Waals surface area contributed by atoms with Crippen LogP contribution in [0.15, 0.2) is 66.3 Å². The van der Waals surface area contributed by atoms with E-state index in [2.05, 4.69) is 34.3 Å². The summed E-state index contributed by atoms with van der Waals surface area (Å²) in [6.45, 7) is 5.81. The molecule has 3 rings (SSSR count). The highest BCUT2D eigenvalue weighted by Crippen LogP contribution is 2.22. The molecule has 10 heteroatoms. The number of aliphatic hydroxyl groups is 1. The van der Waals surface area contributed by atoms with Gasteiger partial charge in [-0.05, 0) is 48.4 Å². The summed E-state index contributed by atoms with van der Waals surface area (Å²) in [5, 5.41) is 24.4. The fraction of sp³-hybridized carbons (Fsp3) is 0.280. The lowest BCUT2D eigenvalue weighted by atomic mass is 10.1. The van der Waals surface area contributed by atoms with Gasteiger partial charge in [0.15, 0.2) is 11.0 Å². The van der Waals surface area contributed by atoms with Gasteiger partial charge in [0.2, 0.25) is 5.91 Å². The smallest absolute Gasteiger partial charge is 0.251 e. The number of thioether (sulfide) groups is 1. The number of nitrogens with zero attached hydrogens (tertiary/aromatic N) is 3. The fourth-order valence-electron chi connectivity index (χ4n) is 3.29. The molecule has 0 saturated heterocycles. The molecule has 0 aliphatic rings. The summed E-state index contributed by atoms with van der Waals surface area (Å²) in [4.78, 5) is 25.1. The predicted octanol–water partition coefficient (Wildman–Crippen LogP) is 3.23. The van der Waals surface area contributed by atoms with E-state index in [0.29, 0.717) is 28.8 Å². The van der Waals surface area contributed by atoms with Gasteiger partial charge in [-0.3, -0.25) is 9.59 Å². The summed E-state index contributed by atoms with van der Waals surface area (Å²) in [5.41, 5.74) is 2.33. The minimum atomic E-state index is -0.794. The molecule has 0 bridgehead atoms. The van der Waals surface area contributed by atoms with E-state index in [4.69, 9.17) is 4.74 Å². The molecule has 0 aliphatic heterocycles. The van der Waals surface area contributed by atoms with Crippen LogP contribution in [0.1, 0.15) is 34.7 Å². The number of allylic oxidation sites excluding steroid dienone is 1. The first kappa shape index (κ1) is 26.0. The van der Waals surface area contributed by atoms with E-state index in [-0.39, 0.29) is 24.2 Å². The number of aromatic nitrogens is 3. The maximum absolute atomic E-state index is 12.7. The van der Waals surface area contributed by atoms with E-state index >= 15 is 0 Å². The van der Waals surface area contributed by atoms with Crippen LogP contribution >= 0.6 is 11.8 Å². The Bertz CT molecular complexity index is 1150. The quantitative estimate of drug-likeness (QED) is 0.261. The van der Waals surface area contributed by atoms with Crippen LogP contribution in [-0.4, -0.2) is 51.2 Å². The van der Waals surface area contributed by atoms with Crippen molar-refractivity contribution in [3.8, 4) is 5.75 Å². The first-order chi connectivity index (χ1) is 17.0. The minimum Gasteiger partial charge on any atom is -0.497 e. The Kier molecular flexibility index (Phi) is 9.45. The third-order valence-corrected chi connectivity index (χ3v) is 6.15. The molecule has 3 N–H and O–H groups in total. The zero-order valence-corrected chi connectivity index (χ0v) is 20.5. The van der Waals surface area contributed by atoms with Crippen LogP contribution in [0.25, 0.3) is 0 Å². The van der Waals surface area contributed by atoms with Crippen molar-refractivity contribution >= 4 is 29.3 Å². The van der Waals surface area contributed by atoms with E-state index in [1.165, 1.54) is 17.3 Å². The Balaban J connectivity index is 1.67. The van der Waals surface area contributed by atoms with E-state index in [0.717, 1.165) is 12.1 Å². The number of aliphatic hydroxyl groups excluding tert-OH is 1. The van der Waals surface area contributed by atoms with Gasteiger partial charge < -0.3 is 25.0 Å². The molecule has 0 aliphatic carbocycles. The van der Waals surface area contributed by atoms with E-state index in [1.54, 1.807) is 42.0 Å². The molecular weight excluding hydrogens is 466 g/mol. The van der Waals surface area contributed by atoms with Crippen molar-refractivity contribution in [3.63, 3.8) is 0 Å². The van der Waals surface area contributed by atoms with Crippen molar-refractivity contribution in [1.82, 2.24) is 20.1 Å². The van der Waals surface area contributed by atoms with Crippen LogP contribution in [0.3, 0.4) is 0 Å². The summed E-state index contributed by atoms with van der Waals surface area (Å²) in [6.07, 6.45) is 2.59. The van der Waals surface area contributed by atoms with Gasteiger partial charge in [-0.15, -0.1) is 16.8 Å². The first-order valence-electron chi connectivity index (χ1n) is 11.1. The number of benzene rings is 2. The zero-order chi connectivity index (χ0) is 25.2. The maximum Gasteiger partial charge on any atom is 0.251 e. The molecule has 184 valence electrons. The van der Waals surface area contributed by atoms with Crippen LogP contribution in [0, 0.1) is 0 Å². The Morgan fingerprint density at radius 2 is 1.89 bits per heavy atom. The molecule has 0 saturated carbocycles. The molecule has 35 heavy (non-hydrogen) atoms. The summed E-state index contributed by atoms with van der Waals surface area (Å²) in [6, 6.07) is 13.5. The Labute approximate surface area is 208 Å². The Morgan fingerprint density at radius 3 is 2.49 bits per heavy atom. The molecular formula is C25H29N5O4S. The Hall–Kier alpha value is -3.63. The van der Waals surface area contributed by atoms with Crippen molar-refractivity contribution in [2.24, 2.45) is 0 Å². The van der Waals surface area contributed by atoms with Crippen molar-refractivity contribution in [3.05, 3.63) is 78.1 Å². The average molecular weight is 496 g/mol. The molecule has 9 nitrogen and oxygen atoms in total. The van der Waals surface area contributed by atoms with E-state index in [9.17, 15) is 14.7 Å². The number of methoxy groups -OCH3 is 1. The number of carbonyl (C=O) groups is 2. The molecule has 0 radical (unpaired) electrons. The van der Waals surface area contributed by atoms with E-state index < -0.39 is 6.04 Å². The summed E-state index contributed by atoms with van der Waals surface area (Å²) >= 11 is 1.21. The standard InChI is InChI=1S/C25H29N5O4S/c1-4-14-30-23(21(15-31)27-24(33)18-8-12-20(34-3)13-9-18)28-29-25(30)35-16-22(32)26-19-10-6-17(5-2)7-11-19/h4,6-13,21,31H,1,5,14-16H2,2-3H3,(H,26,32)(H,27,33)/t21-/m0/s1. The summed E-state index contributed by atoms with van der Waals surface area (Å²) in [5.74, 6) is 0.567. The Morgan fingerprint density at radius 1 is 1.17 bits per heavy atom. The second-order valence-electron chi connectivity index (χ2n) is 7.56. The largest absolute Gasteiger partial charge is 0.497 e. The lowest BCUT2D eigenvalue weighted by molar-refractivity contribution is -0.113. The van der Waals surface area contributed by atoms with Crippen molar-refractivity contribution < 1.29 is 19.4 Å². The van der Waals surface area contributed by atoms with Gasteiger partial charge in [-0.1, -0.05) is 36.9 Å². The minimum absolute atomic E-state index is 0.118. The molecule has 2 amide bonds. The number of hydrogen-bond acceptors (Lipinski definition) is 7. The average Bonchev–Trinajstić information content (AvgIpc) is 3.28. The number of aryl methyl sites for hydroxylation is 1. The van der Waals surface area contributed by atoms with Gasteiger partial charge in [-0.2, -0.15) is 0 Å². The number of nitrogens with one attached hydrogen (secondary N) is 2. The van der Waals surface area contributed by atoms with Gasteiger partial charge in [0.25, 0.3) is 5.91 Å². The normalized spacial score (nSPS) is 11.5. The topological polar surface area (TPSA) is 118 Å². The van der Waals surface area contributed by atoms with Gasteiger partial charge in [0, 0.05) is 17.8 Å². The molecule has 0 unspecified atom stereocenters. The lowest BCUT2D eigenvalue weighted by Gasteiger charge is -2.17. The molecule has 1 aromatic heterocycles.